The number of ether oxygens (including phenoxy) is 2. The lowest BCUT2D eigenvalue weighted by Crippen LogP contribution is -2.37. The van der Waals surface area contributed by atoms with E-state index in [1.165, 1.54) is 0 Å². The summed E-state index contributed by atoms with van der Waals surface area (Å²) in [5, 5.41) is 0. The van der Waals surface area contributed by atoms with E-state index >= 15 is 0 Å². The molecule has 1 fully saturated rings. The molecule has 2 N–H and O–H groups in total. The summed E-state index contributed by atoms with van der Waals surface area (Å²) in [6, 6.07) is 7.62. The minimum atomic E-state index is 0.0229. The number of carbonyl (C=O) groups is 1. The first-order valence-electron chi connectivity index (χ1n) is 7.99. The summed E-state index contributed by atoms with van der Waals surface area (Å²) in [6.07, 6.45) is 1.95. The van der Waals surface area contributed by atoms with Gasteiger partial charge in [0.2, 0.25) is 0 Å². The molecule has 0 aromatic heterocycles. The second kappa shape index (κ2) is 8.03. The van der Waals surface area contributed by atoms with Crippen LogP contribution in [-0.2, 0) is 4.79 Å². The molecule has 0 bridgehead atoms. The van der Waals surface area contributed by atoms with Crippen molar-refractivity contribution in [1.82, 2.24) is 4.90 Å². The van der Waals surface area contributed by atoms with Gasteiger partial charge in [0, 0.05) is 12.6 Å². The maximum absolute atomic E-state index is 12.2. The van der Waals surface area contributed by atoms with Crippen LogP contribution in [0.4, 0.5) is 0 Å². The first-order valence-corrected chi connectivity index (χ1v) is 7.99. The second-order valence-electron chi connectivity index (χ2n) is 5.84. The molecule has 1 heterocycles. The number of hydrogen-bond acceptors (Lipinski definition) is 4. The van der Waals surface area contributed by atoms with Crippen molar-refractivity contribution in [3.05, 3.63) is 24.3 Å². The van der Waals surface area contributed by atoms with E-state index < -0.39 is 0 Å². The number of nitrogens with zero attached hydrogens (tertiary/aromatic N) is 1. The Morgan fingerprint density at radius 1 is 1.27 bits per heavy atom. The number of rotatable bonds is 7. The van der Waals surface area contributed by atoms with Crippen molar-refractivity contribution in [2.24, 2.45) is 11.7 Å². The zero-order valence-corrected chi connectivity index (χ0v) is 13.5. The first-order chi connectivity index (χ1) is 10.6. The molecule has 22 heavy (non-hydrogen) atoms. The summed E-state index contributed by atoms with van der Waals surface area (Å²) in [6.45, 7) is 6.27. The molecule has 0 aliphatic carbocycles. The van der Waals surface area contributed by atoms with Gasteiger partial charge in [-0.1, -0.05) is 6.92 Å². The Balaban J connectivity index is 1.81. The third kappa shape index (κ3) is 4.37. The highest BCUT2D eigenvalue weighted by Gasteiger charge is 2.31. The molecule has 1 aliphatic heterocycles. The highest BCUT2D eigenvalue weighted by Crippen LogP contribution is 2.23. The van der Waals surface area contributed by atoms with E-state index in [9.17, 15) is 4.79 Å². The van der Waals surface area contributed by atoms with Gasteiger partial charge in [-0.25, -0.2) is 0 Å². The van der Waals surface area contributed by atoms with Crippen molar-refractivity contribution in [2.75, 3.05) is 26.3 Å². The molecule has 1 amide bonds. The average Bonchev–Trinajstić information content (AvgIpc) is 2.92. The van der Waals surface area contributed by atoms with Crippen LogP contribution in [-0.4, -0.2) is 43.2 Å². The summed E-state index contributed by atoms with van der Waals surface area (Å²) < 4.78 is 11.1. The van der Waals surface area contributed by atoms with Crippen LogP contribution in [0, 0.1) is 5.92 Å². The van der Waals surface area contributed by atoms with Crippen molar-refractivity contribution in [3.63, 3.8) is 0 Å². The fourth-order valence-electron chi connectivity index (χ4n) is 2.74. The fourth-order valence-corrected chi connectivity index (χ4v) is 2.74. The summed E-state index contributed by atoms with van der Waals surface area (Å²) in [4.78, 5) is 14.1. The fraction of sp³-hybridized carbons (Fsp3) is 0.588. The molecule has 5 nitrogen and oxygen atoms in total. The molecule has 2 atom stereocenters. The molecule has 2 rings (SSSR count). The average molecular weight is 306 g/mol. The maximum Gasteiger partial charge on any atom is 0.260 e. The van der Waals surface area contributed by atoms with Gasteiger partial charge in [0.15, 0.2) is 6.61 Å². The topological polar surface area (TPSA) is 64.8 Å². The van der Waals surface area contributed by atoms with Gasteiger partial charge >= 0.3 is 0 Å². The summed E-state index contributed by atoms with van der Waals surface area (Å²) in [5.41, 5.74) is 5.69. The molecule has 0 spiro atoms. The largest absolute Gasteiger partial charge is 0.494 e. The second-order valence-corrected chi connectivity index (χ2v) is 5.84. The predicted molar refractivity (Wildman–Crippen MR) is 86.1 cm³/mol. The van der Waals surface area contributed by atoms with Crippen LogP contribution in [0.1, 0.15) is 26.7 Å². The number of hydrogen-bond donors (Lipinski definition) is 1. The Kier molecular flexibility index (Phi) is 6.07. The predicted octanol–water partition coefficient (Wildman–Crippen LogP) is 2.05. The van der Waals surface area contributed by atoms with Gasteiger partial charge < -0.3 is 20.1 Å². The molecule has 1 saturated heterocycles. The van der Waals surface area contributed by atoms with E-state index in [0.29, 0.717) is 24.8 Å². The monoisotopic (exact) mass is 306 g/mol. The number of carbonyl (C=O) groups excluding carboxylic acids is 1. The number of amides is 1. The SMILES string of the molecule is CCCOc1ccc(OCC(=O)N2CC(CN)CC2C)cc1. The van der Waals surface area contributed by atoms with Crippen molar-refractivity contribution in [3.8, 4) is 11.5 Å². The third-order valence-corrected chi connectivity index (χ3v) is 3.97. The van der Waals surface area contributed by atoms with Gasteiger partial charge in [0.1, 0.15) is 11.5 Å². The molecule has 2 unspecified atom stereocenters. The Hall–Kier alpha value is -1.75. The molecule has 0 saturated carbocycles. The Morgan fingerprint density at radius 3 is 2.45 bits per heavy atom. The third-order valence-electron chi connectivity index (χ3n) is 3.97. The zero-order chi connectivity index (χ0) is 15.9. The van der Waals surface area contributed by atoms with Crippen molar-refractivity contribution in [1.29, 1.82) is 0 Å². The Morgan fingerprint density at radius 2 is 1.91 bits per heavy atom. The highest BCUT2D eigenvalue weighted by atomic mass is 16.5. The molecule has 5 heteroatoms. The van der Waals surface area contributed by atoms with Crippen LogP contribution in [0.2, 0.25) is 0 Å². The molecular formula is C17H26N2O3. The lowest BCUT2D eigenvalue weighted by atomic mass is 10.1. The van der Waals surface area contributed by atoms with Gasteiger partial charge in [-0.3, -0.25) is 4.79 Å². The van der Waals surface area contributed by atoms with E-state index in [1.807, 2.05) is 29.2 Å². The number of benzene rings is 1. The number of likely N-dealkylation sites (tertiary alicyclic amines) is 1. The van der Waals surface area contributed by atoms with Crippen LogP contribution >= 0.6 is 0 Å². The maximum atomic E-state index is 12.2. The van der Waals surface area contributed by atoms with Crippen LogP contribution in [0.3, 0.4) is 0 Å². The summed E-state index contributed by atoms with van der Waals surface area (Å²) >= 11 is 0. The van der Waals surface area contributed by atoms with Gasteiger partial charge in [0.05, 0.1) is 6.61 Å². The Labute approximate surface area is 132 Å². The quantitative estimate of drug-likeness (QED) is 0.837. The normalized spacial score (nSPS) is 21.0. The molecule has 1 aromatic rings. The minimum absolute atomic E-state index is 0.0229. The van der Waals surface area contributed by atoms with E-state index in [1.54, 1.807) is 0 Å². The summed E-state index contributed by atoms with van der Waals surface area (Å²) in [7, 11) is 0. The highest BCUT2D eigenvalue weighted by molar-refractivity contribution is 5.78. The molecular weight excluding hydrogens is 280 g/mol. The van der Waals surface area contributed by atoms with E-state index in [0.717, 1.165) is 25.1 Å². The molecule has 0 radical (unpaired) electrons. The van der Waals surface area contributed by atoms with Gasteiger partial charge in [-0.05, 0) is 56.5 Å². The smallest absolute Gasteiger partial charge is 0.260 e. The Bertz CT molecular complexity index is 475. The molecule has 1 aliphatic rings. The molecule has 1 aromatic carbocycles. The van der Waals surface area contributed by atoms with E-state index in [2.05, 4.69) is 13.8 Å². The van der Waals surface area contributed by atoms with Crippen molar-refractivity contribution in [2.45, 2.75) is 32.7 Å². The first kappa shape index (κ1) is 16.6. The van der Waals surface area contributed by atoms with Crippen LogP contribution in [0.25, 0.3) is 0 Å². The standard InChI is InChI=1S/C17H26N2O3/c1-3-8-21-15-4-6-16(7-5-15)22-12-17(20)19-11-14(10-18)9-13(19)2/h4-7,13-14H,3,8-12,18H2,1-2H3. The lowest BCUT2D eigenvalue weighted by Gasteiger charge is -2.21. The van der Waals surface area contributed by atoms with Crippen LogP contribution in [0.5, 0.6) is 11.5 Å². The van der Waals surface area contributed by atoms with Crippen molar-refractivity contribution >= 4 is 5.91 Å². The van der Waals surface area contributed by atoms with Gasteiger partial charge in [-0.15, -0.1) is 0 Å². The minimum Gasteiger partial charge on any atom is -0.494 e. The van der Waals surface area contributed by atoms with Gasteiger partial charge in [0.25, 0.3) is 5.91 Å². The number of nitrogens with two attached hydrogens (primary N) is 1. The molecule has 122 valence electrons. The van der Waals surface area contributed by atoms with E-state index in [-0.39, 0.29) is 18.6 Å². The van der Waals surface area contributed by atoms with Crippen LogP contribution in [0.15, 0.2) is 24.3 Å². The summed E-state index contributed by atoms with van der Waals surface area (Å²) in [5.74, 6) is 1.93. The lowest BCUT2D eigenvalue weighted by molar-refractivity contribution is -0.134. The van der Waals surface area contributed by atoms with Crippen molar-refractivity contribution < 1.29 is 14.3 Å². The van der Waals surface area contributed by atoms with Gasteiger partial charge in [-0.2, -0.15) is 0 Å². The van der Waals surface area contributed by atoms with Crippen LogP contribution < -0.4 is 15.2 Å². The van der Waals surface area contributed by atoms with E-state index in [4.69, 9.17) is 15.2 Å². The zero-order valence-electron chi connectivity index (χ0n) is 13.5.